The van der Waals surface area contributed by atoms with Crippen LogP contribution in [0.15, 0.2) is 160 Å². The number of ether oxygens (including phenoxy) is 1. The van der Waals surface area contributed by atoms with Crippen molar-refractivity contribution < 1.29 is 44.0 Å². The van der Waals surface area contributed by atoms with Gasteiger partial charge < -0.3 is 13.1 Å². The van der Waals surface area contributed by atoms with E-state index in [0.29, 0.717) is 21.8 Å². The first-order chi connectivity index (χ1) is 27.0. The lowest BCUT2D eigenvalue weighted by Crippen LogP contribution is -2.33. The summed E-state index contributed by atoms with van der Waals surface area (Å²) in [5.74, 6) is 0. The van der Waals surface area contributed by atoms with Gasteiger partial charge in [-0.1, -0.05) is 115 Å². The maximum absolute atomic E-state index is 13.8. The highest BCUT2D eigenvalue weighted by molar-refractivity contribution is 7.73. The van der Waals surface area contributed by atoms with Crippen molar-refractivity contribution in [2.75, 3.05) is 13.7 Å². The Labute approximate surface area is 319 Å². The number of alkyl halides is 6. The maximum Gasteiger partial charge on any atom is 0.416 e. The van der Waals surface area contributed by atoms with E-state index < -0.39 is 51.4 Å². The molecule has 7 aromatic carbocycles. The minimum absolute atomic E-state index is 0.0135. The molecule has 8 rings (SSSR count). The van der Waals surface area contributed by atoms with E-state index in [1.54, 1.807) is 0 Å². The van der Waals surface area contributed by atoms with Crippen LogP contribution < -0.4 is 15.1 Å². The number of hydrogen-bond acceptors (Lipinski definition) is 4. The maximum atomic E-state index is 13.8. The molecule has 0 N–H and O–H groups in total. The van der Waals surface area contributed by atoms with Crippen molar-refractivity contribution in [2.24, 2.45) is 0 Å². The Morgan fingerprint density at radius 2 is 1.00 bits per heavy atom. The van der Waals surface area contributed by atoms with Crippen LogP contribution in [0.4, 0.5) is 26.3 Å². The van der Waals surface area contributed by atoms with Crippen LogP contribution in [0.2, 0.25) is 0 Å². The number of fused-ring (bicyclic) bond motifs is 7. The van der Waals surface area contributed by atoms with Crippen molar-refractivity contribution in [3.63, 3.8) is 0 Å². The van der Waals surface area contributed by atoms with Gasteiger partial charge in [0.2, 0.25) is 0 Å². The zero-order valence-electron chi connectivity index (χ0n) is 29.6. The van der Waals surface area contributed by atoms with Crippen molar-refractivity contribution in [2.45, 2.75) is 24.1 Å². The van der Waals surface area contributed by atoms with Crippen LogP contribution >= 0.6 is 16.2 Å². The van der Waals surface area contributed by atoms with Gasteiger partial charge in [0.15, 0.2) is 0 Å². The average molecular weight is 801 g/mol. The molecular formula is C44H32F6O4P2. The third-order valence-corrected chi connectivity index (χ3v) is 13.7. The van der Waals surface area contributed by atoms with Crippen LogP contribution in [0.5, 0.6) is 0 Å². The van der Waals surface area contributed by atoms with Gasteiger partial charge in [0, 0.05) is 23.5 Å². The second-order valence-corrected chi connectivity index (χ2v) is 16.5. The van der Waals surface area contributed by atoms with Gasteiger partial charge in [-0.2, -0.15) is 26.3 Å². The van der Waals surface area contributed by atoms with Crippen LogP contribution in [0.25, 0.3) is 43.5 Å². The lowest BCUT2D eigenvalue weighted by molar-refractivity contribution is -0.138. The van der Waals surface area contributed by atoms with Crippen LogP contribution in [0.3, 0.4) is 0 Å². The zero-order chi connectivity index (χ0) is 39.0. The summed E-state index contributed by atoms with van der Waals surface area (Å²) in [6.07, 6.45) is -10.0. The highest BCUT2D eigenvalue weighted by atomic mass is 31.1. The summed E-state index contributed by atoms with van der Waals surface area (Å²) in [4.78, 5) is 0. The summed E-state index contributed by atoms with van der Waals surface area (Å²) < 4.78 is 109. The van der Waals surface area contributed by atoms with Crippen molar-refractivity contribution >= 4 is 70.3 Å². The second kappa shape index (κ2) is 15.4. The van der Waals surface area contributed by atoms with Gasteiger partial charge in [-0.05, 0) is 82.0 Å². The van der Waals surface area contributed by atoms with Crippen molar-refractivity contribution in [1.29, 1.82) is 0 Å². The molecule has 4 nitrogen and oxygen atoms in total. The van der Waals surface area contributed by atoms with E-state index in [0.717, 1.165) is 62.1 Å². The smallest absolute Gasteiger partial charge is 0.399 e. The Morgan fingerprint density at radius 3 is 1.45 bits per heavy atom. The molecule has 284 valence electrons. The summed E-state index contributed by atoms with van der Waals surface area (Å²) in [7, 11) is -2.49. The first kappa shape index (κ1) is 37.8. The van der Waals surface area contributed by atoms with Crippen LogP contribution in [-0.4, -0.2) is 19.8 Å². The van der Waals surface area contributed by atoms with Crippen LogP contribution in [0, 0.1) is 0 Å². The molecule has 0 amide bonds. The van der Waals surface area contributed by atoms with Crippen LogP contribution in [-0.2, 0) is 17.1 Å². The molecule has 8 aromatic rings. The van der Waals surface area contributed by atoms with E-state index >= 15 is 0 Å². The minimum atomic E-state index is -4.59. The Balaban J connectivity index is 1.35. The molecule has 0 aliphatic carbocycles. The lowest BCUT2D eigenvalue weighted by atomic mass is 9.99. The van der Waals surface area contributed by atoms with Crippen molar-refractivity contribution in [1.82, 2.24) is 0 Å². The monoisotopic (exact) mass is 800 g/mol. The first-order valence-electron chi connectivity index (χ1n) is 17.5. The third kappa shape index (κ3) is 7.55. The highest BCUT2D eigenvalue weighted by Gasteiger charge is 2.38. The van der Waals surface area contributed by atoms with Crippen LogP contribution in [0.1, 0.15) is 22.3 Å². The fourth-order valence-electron chi connectivity index (χ4n) is 7.12. The number of benzene rings is 7. The Bertz CT molecular complexity index is 2520. The van der Waals surface area contributed by atoms with E-state index in [1.165, 1.54) is 31.4 Å². The van der Waals surface area contributed by atoms with Gasteiger partial charge in [-0.25, -0.2) is 0 Å². The van der Waals surface area contributed by atoms with E-state index in [4.69, 9.17) is 17.7 Å². The van der Waals surface area contributed by atoms with Gasteiger partial charge in [0.05, 0.1) is 17.7 Å². The summed E-state index contributed by atoms with van der Waals surface area (Å²) in [6.45, 7) is -0.0135. The van der Waals surface area contributed by atoms with Crippen molar-refractivity contribution in [3.8, 4) is 0 Å². The summed E-state index contributed by atoms with van der Waals surface area (Å²) in [6, 6.07) is 42.4. The van der Waals surface area contributed by atoms with E-state index in [1.807, 2.05) is 103 Å². The lowest BCUT2D eigenvalue weighted by Gasteiger charge is -2.34. The van der Waals surface area contributed by atoms with Gasteiger partial charge in [-0.3, -0.25) is 4.52 Å². The largest absolute Gasteiger partial charge is 0.416 e. The van der Waals surface area contributed by atoms with E-state index in [-0.39, 0.29) is 6.61 Å². The highest BCUT2D eigenvalue weighted by Crippen LogP contribution is 2.54. The molecule has 0 aliphatic heterocycles. The molecule has 0 fully saturated rings. The van der Waals surface area contributed by atoms with Gasteiger partial charge in [0.25, 0.3) is 0 Å². The molecule has 0 bridgehead atoms. The predicted molar refractivity (Wildman–Crippen MR) is 212 cm³/mol. The zero-order valence-corrected chi connectivity index (χ0v) is 31.4. The molecule has 0 saturated carbocycles. The third-order valence-electron chi connectivity index (χ3n) is 9.65. The molecular weight excluding hydrogens is 768 g/mol. The second-order valence-electron chi connectivity index (χ2n) is 13.1. The normalized spacial score (nSPS) is 13.5. The van der Waals surface area contributed by atoms with E-state index in [9.17, 15) is 26.3 Å². The first-order valence-corrected chi connectivity index (χ1v) is 20.0. The number of methoxy groups -OCH3 is 1. The SMILES string of the molecule is COC[C@H](Op1oc2ccc3ccccc3c2c2c(ccc3ccccc32)o1)[C@@H](c1ccccc1)P(c1ccc(C(F)(F)F)cc1)c1ccc(C(F)(F)F)cc1. The molecule has 12 heteroatoms. The Hall–Kier alpha value is -5.11. The Kier molecular flexibility index (Phi) is 10.4. The standard InChI is InChI=1S/C44H32F6O4P2/c1-51-27-39(54-56-52-37-25-15-28-9-5-7-13-35(28)40(37)41-36-14-8-6-10-29(36)16-26-38(41)53-56)42(30-11-3-2-4-12-30)55(33-21-17-31(18-22-33)43(45,46)47)34-23-19-32(20-24-34)44(48,49)50/h2-26,39,42H,27H2,1H3/t39-,42+/m0/s1. The van der Waals surface area contributed by atoms with Gasteiger partial charge in [-0.15, -0.1) is 0 Å². The predicted octanol–water partition coefficient (Wildman–Crippen LogP) is 13.0. The Morgan fingerprint density at radius 1 is 0.554 bits per heavy atom. The average Bonchev–Trinajstić information content (AvgIpc) is 3.36. The summed E-state index contributed by atoms with van der Waals surface area (Å²) >= 11 is 0. The fourth-order valence-corrected chi connectivity index (χ4v) is 11.2. The molecule has 56 heavy (non-hydrogen) atoms. The molecule has 0 spiro atoms. The molecule has 2 atom stereocenters. The van der Waals surface area contributed by atoms with Crippen molar-refractivity contribution in [3.05, 3.63) is 168 Å². The number of rotatable bonds is 9. The number of hydrogen-bond donors (Lipinski definition) is 0. The van der Waals surface area contributed by atoms with E-state index in [2.05, 4.69) is 0 Å². The van der Waals surface area contributed by atoms with Gasteiger partial charge >= 0.3 is 20.6 Å². The van der Waals surface area contributed by atoms with Gasteiger partial charge in [0.1, 0.15) is 17.3 Å². The molecule has 0 unspecified atom stereocenters. The molecule has 0 radical (unpaired) electrons. The minimum Gasteiger partial charge on any atom is -0.399 e. The molecule has 1 heterocycles. The molecule has 0 aliphatic rings. The fraction of sp³-hybridized carbons (Fsp3) is 0.136. The molecule has 0 saturated heterocycles. The number of halogens is 6. The quantitative estimate of drug-likeness (QED) is 0.108. The molecule has 1 aromatic heterocycles. The summed E-state index contributed by atoms with van der Waals surface area (Å²) in [5.41, 5.74) is -0.542. The summed E-state index contributed by atoms with van der Waals surface area (Å²) in [5, 5.41) is 6.57. The topological polar surface area (TPSA) is 44.7 Å².